The van der Waals surface area contributed by atoms with Crippen LogP contribution in [0.4, 0.5) is 9.18 Å². The van der Waals surface area contributed by atoms with E-state index >= 15 is 0 Å². The molecule has 0 unspecified atom stereocenters. The highest BCUT2D eigenvalue weighted by atomic mass is 19.1. The maximum atomic E-state index is 13.4. The molecule has 0 aliphatic carbocycles. The Labute approximate surface area is 134 Å². The summed E-state index contributed by atoms with van der Waals surface area (Å²) in [6.07, 6.45) is -0.918. The third kappa shape index (κ3) is 7.07. The van der Waals surface area contributed by atoms with Crippen molar-refractivity contribution in [2.24, 2.45) is 5.73 Å². The second kappa shape index (κ2) is 8.44. The lowest BCUT2D eigenvalue weighted by atomic mass is 10.1. The molecule has 2 amide bonds. The van der Waals surface area contributed by atoms with E-state index in [0.717, 1.165) is 6.07 Å². The smallest absolute Gasteiger partial charge is 0.341 e. The quantitative estimate of drug-likeness (QED) is 0.474. The van der Waals surface area contributed by atoms with Gasteiger partial charge in [0.25, 0.3) is 0 Å². The van der Waals surface area contributed by atoms with Crippen LogP contribution in [0.2, 0.25) is 0 Å². The zero-order valence-electron chi connectivity index (χ0n) is 13.2. The Morgan fingerprint density at radius 2 is 2.09 bits per heavy atom. The van der Waals surface area contributed by atoms with E-state index in [1.807, 2.05) is 13.8 Å². The number of aliphatic hydroxyl groups is 1. The minimum atomic E-state index is -0.918. The molecular formula is C15H23FN3O4+. The van der Waals surface area contributed by atoms with Gasteiger partial charge in [0.2, 0.25) is 0 Å². The van der Waals surface area contributed by atoms with Crippen molar-refractivity contribution >= 4 is 12.0 Å². The molecule has 7 nitrogen and oxygen atoms in total. The number of nitrogens with one attached hydrogen (secondary N) is 1. The molecule has 1 aromatic carbocycles. The van der Waals surface area contributed by atoms with Crippen LogP contribution in [0.15, 0.2) is 24.3 Å². The van der Waals surface area contributed by atoms with Crippen LogP contribution in [-0.2, 0) is 4.74 Å². The van der Waals surface area contributed by atoms with E-state index in [2.05, 4.69) is 5.32 Å². The first-order chi connectivity index (χ1) is 10.7. The molecule has 0 bridgehead atoms. The fraction of sp³-hybridized carbons (Fsp3) is 0.467. The van der Waals surface area contributed by atoms with E-state index in [0.29, 0.717) is 6.54 Å². The third-order valence-electron chi connectivity index (χ3n) is 3.16. The van der Waals surface area contributed by atoms with Crippen molar-refractivity contribution < 1.29 is 29.1 Å². The van der Waals surface area contributed by atoms with E-state index in [-0.39, 0.29) is 24.3 Å². The summed E-state index contributed by atoms with van der Waals surface area (Å²) >= 11 is 0. The number of quaternary nitrogens is 1. The van der Waals surface area contributed by atoms with Gasteiger partial charge in [0.05, 0.1) is 12.1 Å². The standard InChI is InChI=1S/C15H22FN3O4/c1-15(2,9-18-14(17)22)19-7-10(20)8-23-13(21)11-5-3-4-6-12(11)16/h3-6,10,19-20H,7-9H2,1-2H3,(H3,17,18,22)/p+1/t10-/m1/s1. The molecule has 128 valence electrons. The van der Waals surface area contributed by atoms with Gasteiger partial charge in [0.1, 0.15) is 30.6 Å². The van der Waals surface area contributed by atoms with Crippen molar-refractivity contribution in [2.75, 3.05) is 19.7 Å². The highest BCUT2D eigenvalue weighted by Crippen LogP contribution is 2.07. The summed E-state index contributed by atoms with van der Waals surface area (Å²) in [6, 6.07) is 4.85. The number of ether oxygens (including phenoxy) is 1. The number of nitrogens with two attached hydrogens (primary N) is 2. The molecule has 0 aromatic heterocycles. The Bertz CT molecular complexity index is 551. The Hall–Kier alpha value is -2.19. The van der Waals surface area contributed by atoms with Crippen LogP contribution in [0.5, 0.6) is 0 Å². The first kappa shape index (κ1) is 18.9. The monoisotopic (exact) mass is 328 g/mol. The number of rotatable bonds is 8. The van der Waals surface area contributed by atoms with Crippen molar-refractivity contribution in [3.63, 3.8) is 0 Å². The summed E-state index contributed by atoms with van der Waals surface area (Å²) in [7, 11) is 0. The first-order valence-electron chi connectivity index (χ1n) is 7.18. The topological polar surface area (TPSA) is 118 Å². The van der Waals surface area contributed by atoms with Gasteiger partial charge in [-0.2, -0.15) is 0 Å². The zero-order valence-corrected chi connectivity index (χ0v) is 13.2. The number of urea groups is 1. The molecule has 0 saturated carbocycles. The van der Waals surface area contributed by atoms with Crippen molar-refractivity contribution in [3.05, 3.63) is 35.6 Å². The Balaban J connectivity index is 2.37. The Kier molecular flexibility index (Phi) is 6.92. The molecule has 0 saturated heterocycles. The fourth-order valence-electron chi connectivity index (χ4n) is 1.79. The summed E-state index contributed by atoms with van der Waals surface area (Å²) in [6.45, 7) is 4.05. The Morgan fingerprint density at radius 3 is 2.70 bits per heavy atom. The highest BCUT2D eigenvalue weighted by molar-refractivity contribution is 5.89. The number of benzene rings is 1. The number of esters is 1. The lowest BCUT2D eigenvalue weighted by Gasteiger charge is -2.24. The molecule has 0 aliphatic rings. The minimum absolute atomic E-state index is 0.172. The van der Waals surface area contributed by atoms with Crippen LogP contribution >= 0.6 is 0 Å². The summed E-state index contributed by atoms with van der Waals surface area (Å²) in [4.78, 5) is 22.4. The van der Waals surface area contributed by atoms with Crippen molar-refractivity contribution in [1.82, 2.24) is 5.32 Å². The third-order valence-corrected chi connectivity index (χ3v) is 3.16. The van der Waals surface area contributed by atoms with Gasteiger partial charge < -0.3 is 26.2 Å². The number of hydrogen-bond donors (Lipinski definition) is 4. The number of aliphatic hydroxyl groups excluding tert-OH is 1. The number of carbonyl (C=O) groups excluding carboxylic acids is 2. The van der Waals surface area contributed by atoms with Gasteiger partial charge in [0, 0.05) is 0 Å². The first-order valence-corrected chi connectivity index (χ1v) is 7.18. The second-order valence-electron chi connectivity index (χ2n) is 5.88. The van der Waals surface area contributed by atoms with E-state index in [1.165, 1.54) is 18.2 Å². The molecule has 23 heavy (non-hydrogen) atoms. The van der Waals surface area contributed by atoms with Gasteiger partial charge in [-0.1, -0.05) is 12.1 Å². The minimum Gasteiger partial charge on any atom is -0.459 e. The molecule has 0 spiro atoms. The van der Waals surface area contributed by atoms with Crippen LogP contribution < -0.4 is 16.4 Å². The number of hydrogen-bond acceptors (Lipinski definition) is 4. The zero-order chi connectivity index (χ0) is 17.5. The number of primary amides is 1. The molecule has 0 aliphatic heterocycles. The van der Waals surface area contributed by atoms with Gasteiger partial charge in [-0.25, -0.2) is 14.0 Å². The largest absolute Gasteiger partial charge is 0.459 e. The average Bonchev–Trinajstić information content (AvgIpc) is 2.49. The molecule has 1 rings (SSSR count). The molecule has 1 aromatic rings. The van der Waals surface area contributed by atoms with Gasteiger partial charge in [-0.3, -0.25) is 0 Å². The van der Waals surface area contributed by atoms with Crippen molar-refractivity contribution in [2.45, 2.75) is 25.5 Å². The maximum absolute atomic E-state index is 13.4. The second-order valence-corrected chi connectivity index (χ2v) is 5.88. The normalized spacial score (nSPS) is 12.5. The Morgan fingerprint density at radius 1 is 1.43 bits per heavy atom. The molecule has 0 heterocycles. The van der Waals surface area contributed by atoms with E-state index in [4.69, 9.17) is 10.5 Å². The van der Waals surface area contributed by atoms with Crippen LogP contribution in [-0.4, -0.2) is 48.4 Å². The number of carbonyl (C=O) groups is 2. The van der Waals surface area contributed by atoms with Gasteiger partial charge in [-0.15, -0.1) is 0 Å². The van der Waals surface area contributed by atoms with Crippen molar-refractivity contribution in [1.29, 1.82) is 0 Å². The average molecular weight is 328 g/mol. The van der Waals surface area contributed by atoms with E-state index < -0.39 is 23.9 Å². The van der Waals surface area contributed by atoms with Gasteiger partial charge in [0.15, 0.2) is 0 Å². The lowest BCUT2D eigenvalue weighted by molar-refractivity contribution is -0.723. The summed E-state index contributed by atoms with van der Waals surface area (Å²) in [5.74, 6) is -1.49. The molecule has 1 atom stereocenters. The van der Waals surface area contributed by atoms with E-state index in [1.54, 1.807) is 5.32 Å². The summed E-state index contributed by atoms with van der Waals surface area (Å²) in [5.41, 5.74) is 4.45. The fourth-order valence-corrected chi connectivity index (χ4v) is 1.79. The predicted molar refractivity (Wildman–Crippen MR) is 81.1 cm³/mol. The summed E-state index contributed by atoms with van der Waals surface area (Å²) < 4.78 is 18.3. The highest BCUT2D eigenvalue weighted by Gasteiger charge is 2.24. The van der Waals surface area contributed by atoms with Crippen LogP contribution in [0.3, 0.4) is 0 Å². The molecule has 6 N–H and O–H groups in total. The molecule has 0 radical (unpaired) electrons. The molecule has 8 heteroatoms. The molecule has 0 fully saturated rings. The van der Waals surface area contributed by atoms with Crippen LogP contribution in [0, 0.1) is 5.82 Å². The predicted octanol–water partition coefficient (Wildman–Crippen LogP) is -0.646. The molecular weight excluding hydrogens is 305 g/mol. The van der Waals surface area contributed by atoms with Crippen molar-refractivity contribution in [3.8, 4) is 0 Å². The lowest BCUT2D eigenvalue weighted by Crippen LogP contribution is -2.98. The summed E-state index contributed by atoms with van der Waals surface area (Å²) in [5, 5.41) is 14.1. The number of amides is 2. The van der Waals surface area contributed by atoms with Crippen LogP contribution in [0.1, 0.15) is 24.2 Å². The van der Waals surface area contributed by atoms with E-state index in [9.17, 15) is 19.1 Å². The van der Waals surface area contributed by atoms with Gasteiger partial charge >= 0.3 is 12.0 Å². The SMILES string of the molecule is CC(C)(CNC(N)=O)[NH2+]C[C@@H](O)COC(=O)c1ccccc1F. The van der Waals surface area contributed by atoms with Crippen LogP contribution in [0.25, 0.3) is 0 Å². The van der Waals surface area contributed by atoms with Gasteiger partial charge in [-0.05, 0) is 26.0 Å². The number of halogens is 1. The maximum Gasteiger partial charge on any atom is 0.341 e.